The molecule has 6 nitrogen and oxygen atoms in total. The second kappa shape index (κ2) is 7.56. The van der Waals surface area contributed by atoms with Gasteiger partial charge in [-0.3, -0.25) is 9.58 Å². The lowest BCUT2D eigenvalue weighted by molar-refractivity contribution is 0.0119. The predicted molar refractivity (Wildman–Crippen MR) is 79.1 cm³/mol. The van der Waals surface area contributed by atoms with Crippen LogP contribution in [-0.4, -0.2) is 53.1 Å². The molecule has 1 aromatic heterocycles. The Morgan fingerprint density at radius 2 is 2.05 bits per heavy atom. The molecule has 0 spiro atoms. The Labute approximate surface area is 126 Å². The predicted octanol–water partition coefficient (Wildman–Crippen LogP) is 1.60. The largest absolute Gasteiger partial charge is 0.462 e. The molecule has 1 aliphatic heterocycles. The van der Waals surface area contributed by atoms with Crippen LogP contribution in [0.1, 0.15) is 42.7 Å². The molecule has 0 radical (unpaired) electrons. The van der Waals surface area contributed by atoms with Gasteiger partial charge in [0, 0.05) is 33.3 Å². The van der Waals surface area contributed by atoms with Crippen molar-refractivity contribution in [2.45, 2.75) is 39.3 Å². The topological polar surface area (TPSA) is 56.6 Å². The summed E-state index contributed by atoms with van der Waals surface area (Å²) in [4.78, 5) is 14.3. The van der Waals surface area contributed by atoms with Gasteiger partial charge in [-0.05, 0) is 26.7 Å². The van der Waals surface area contributed by atoms with Gasteiger partial charge in [0.1, 0.15) is 5.56 Å². The Morgan fingerprint density at radius 1 is 1.33 bits per heavy atom. The summed E-state index contributed by atoms with van der Waals surface area (Å²) in [7, 11) is 1.87. The Kier molecular flexibility index (Phi) is 5.76. The van der Waals surface area contributed by atoms with Gasteiger partial charge in [0.2, 0.25) is 0 Å². The molecule has 1 fully saturated rings. The van der Waals surface area contributed by atoms with Crippen LogP contribution >= 0.6 is 0 Å². The number of esters is 1. The second-order valence-corrected chi connectivity index (χ2v) is 5.28. The average Bonchev–Trinajstić information content (AvgIpc) is 2.83. The number of ether oxygens (including phenoxy) is 2. The zero-order valence-electron chi connectivity index (χ0n) is 13.2. The van der Waals surface area contributed by atoms with E-state index in [1.807, 2.05) is 20.9 Å². The first-order valence-electron chi connectivity index (χ1n) is 7.67. The number of aromatic nitrogens is 2. The molecule has 1 aromatic rings. The third kappa shape index (κ3) is 4.04. The average molecular weight is 295 g/mol. The molecule has 2 rings (SSSR count). The number of aryl methyl sites for hydroxylation is 1. The number of piperidine rings is 1. The van der Waals surface area contributed by atoms with E-state index in [1.165, 1.54) is 0 Å². The summed E-state index contributed by atoms with van der Waals surface area (Å²) in [5, 5.41) is 4.19. The number of likely N-dealkylation sites (tertiary alicyclic amines) is 1. The van der Waals surface area contributed by atoms with Crippen LogP contribution in [-0.2, 0) is 23.1 Å². The van der Waals surface area contributed by atoms with Crippen molar-refractivity contribution in [3.05, 3.63) is 17.5 Å². The first-order chi connectivity index (χ1) is 10.2. The summed E-state index contributed by atoms with van der Waals surface area (Å²) < 4.78 is 12.5. The van der Waals surface area contributed by atoms with E-state index in [4.69, 9.17) is 9.47 Å². The van der Waals surface area contributed by atoms with Crippen molar-refractivity contribution in [1.82, 2.24) is 14.7 Å². The number of nitrogens with zero attached hydrogens (tertiary/aromatic N) is 3. The Morgan fingerprint density at radius 3 is 2.67 bits per heavy atom. The summed E-state index contributed by atoms with van der Waals surface area (Å²) in [6.45, 7) is 7.70. The Bertz CT molecular complexity index is 465. The van der Waals surface area contributed by atoms with Crippen molar-refractivity contribution >= 4 is 5.97 Å². The van der Waals surface area contributed by atoms with E-state index in [2.05, 4.69) is 10.00 Å². The highest BCUT2D eigenvalue weighted by Gasteiger charge is 2.23. The van der Waals surface area contributed by atoms with Gasteiger partial charge in [-0.2, -0.15) is 5.10 Å². The monoisotopic (exact) mass is 295 g/mol. The van der Waals surface area contributed by atoms with E-state index in [-0.39, 0.29) is 5.97 Å². The van der Waals surface area contributed by atoms with Gasteiger partial charge in [0.05, 0.1) is 24.6 Å². The molecule has 1 aliphatic rings. The van der Waals surface area contributed by atoms with Crippen LogP contribution < -0.4 is 0 Å². The fourth-order valence-electron chi connectivity index (χ4n) is 2.71. The summed E-state index contributed by atoms with van der Waals surface area (Å²) >= 11 is 0. The van der Waals surface area contributed by atoms with Crippen LogP contribution in [0.4, 0.5) is 0 Å². The molecular weight excluding hydrogens is 270 g/mol. The van der Waals surface area contributed by atoms with Gasteiger partial charge in [0.25, 0.3) is 0 Å². The second-order valence-electron chi connectivity index (χ2n) is 5.28. The van der Waals surface area contributed by atoms with E-state index < -0.39 is 0 Å². The Hall–Kier alpha value is -1.40. The molecule has 2 heterocycles. The highest BCUT2D eigenvalue weighted by molar-refractivity contribution is 5.90. The first kappa shape index (κ1) is 16.0. The van der Waals surface area contributed by atoms with Crippen molar-refractivity contribution in [2.75, 3.05) is 26.3 Å². The maximum atomic E-state index is 11.9. The van der Waals surface area contributed by atoms with Gasteiger partial charge in [-0.1, -0.05) is 0 Å². The van der Waals surface area contributed by atoms with E-state index in [0.29, 0.717) is 18.3 Å². The first-order valence-corrected chi connectivity index (χ1v) is 7.67. The summed E-state index contributed by atoms with van der Waals surface area (Å²) in [5.41, 5.74) is 1.49. The molecule has 0 atom stereocenters. The van der Waals surface area contributed by atoms with Crippen molar-refractivity contribution in [2.24, 2.45) is 7.05 Å². The van der Waals surface area contributed by atoms with Crippen molar-refractivity contribution in [1.29, 1.82) is 0 Å². The third-order valence-electron chi connectivity index (χ3n) is 3.87. The quantitative estimate of drug-likeness (QED) is 0.746. The van der Waals surface area contributed by atoms with Crippen LogP contribution in [0.25, 0.3) is 0 Å². The molecule has 0 unspecified atom stereocenters. The number of carbonyl (C=O) groups is 1. The zero-order chi connectivity index (χ0) is 15.2. The summed E-state index contributed by atoms with van der Waals surface area (Å²) in [6, 6.07) is 0. The normalized spacial score (nSPS) is 17.1. The standard InChI is InChI=1S/C15H25N3O3/c1-4-20-12-6-8-18(9-7-12)11-14-13(10-16-17(14)3)15(19)21-5-2/h10,12H,4-9,11H2,1-3H3. The Balaban J connectivity index is 1.97. The molecule has 118 valence electrons. The number of hydrogen-bond acceptors (Lipinski definition) is 5. The third-order valence-corrected chi connectivity index (χ3v) is 3.87. The van der Waals surface area contributed by atoms with Crippen molar-refractivity contribution < 1.29 is 14.3 Å². The van der Waals surface area contributed by atoms with Gasteiger partial charge in [0.15, 0.2) is 0 Å². The lowest BCUT2D eigenvalue weighted by Gasteiger charge is -2.31. The fourth-order valence-corrected chi connectivity index (χ4v) is 2.71. The highest BCUT2D eigenvalue weighted by Crippen LogP contribution is 2.18. The van der Waals surface area contributed by atoms with E-state index in [1.54, 1.807) is 10.9 Å². The smallest absolute Gasteiger partial charge is 0.341 e. The van der Waals surface area contributed by atoms with Crippen molar-refractivity contribution in [3.63, 3.8) is 0 Å². The molecule has 0 saturated carbocycles. The molecule has 21 heavy (non-hydrogen) atoms. The van der Waals surface area contributed by atoms with Gasteiger partial charge in [-0.25, -0.2) is 4.79 Å². The maximum Gasteiger partial charge on any atom is 0.341 e. The van der Waals surface area contributed by atoms with Crippen LogP contribution in [0, 0.1) is 0 Å². The lowest BCUT2D eigenvalue weighted by Crippen LogP contribution is -2.37. The molecule has 0 amide bonds. The molecule has 0 N–H and O–H groups in total. The number of carbonyl (C=O) groups excluding carboxylic acids is 1. The number of hydrogen-bond donors (Lipinski definition) is 0. The maximum absolute atomic E-state index is 11.9. The van der Waals surface area contributed by atoms with E-state index in [9.17, 15) is 4.79 Å². The zero-order valence-corrected chi connectivity index (χ0v) is 13.2. The van der Waals surface area contributed by atoms with Crippen molar-refractivity contribution in [3.8, 4) is 0 Å². The van der Waals surface area contributed by atoms with Gasteiger partial charge in [-0.15, -0.1) is 0 Å². The molecule has 6 heteroatoms. The molecule has 0 bridgehead atoms. The SMILES string of the molecule is CCOC(=O)c1cnn(C)c1CN1CCC(OCC)CC1. The minimum absolute atomic E-state index is 0.287. The van der Waals surface area contributed by atoms with E-state index in [0.717, 1.165) is 44.8 Å². The number of rotatable bonds is 6. The van der Waals surface area contributed by atoms with Gasteiger partial charge < -0.3 is 9.47 Å². The molecule has 0 aromatic carbocycles. The van der Waals surface area contributed by atoms with Crippen LogP contribution in [0.2, 0.25) is 0 Å². The van der Waals surface area contributed by atoms with Gasteiger partial charge >= 0.3 is 5.97 Å². The minimum atomic E-state index is -0.287. The lowest BCUT2D eigenvalue weighted by atomic mass is 10.1. The molecular formula is C15H25N3O3. The summed E-state index contributed by atoms with van der Waals surface area (Å²) in [5.74, 6) is -0.287. The fraction of sp³-hybridized carbons (Fsp3) is 0.733. The molecule has 0 aliphatic carbocycles. The molecule has 1 saturated heterocycles. The van der Waals surface area contributed by atoms with Crippen LogP contribution in [0.3, 0.4) is 0 Å². The summed E-state index contributed by atoms with van der Waals surface area (Å²) in [6.07, 6.45) is 4.06. The van der Waals surface area contributed by atoms with E-state index >= 15 is 0 Å². The van der Waals surface area contributed by atoms with Crippen LogP contribution in [0.5, 0.6) is 0 Å². The highest BCUT2D eigenvalue weighted by atomic mass is 16.5. The minimum Gasteiger partial charge on any atom is -0.462 e. The van der Waals surface area contributed by atoms with Crippen LogP contribution in [0.15, 0.2) is 6.20 Å².